The molecule has 0 saturated heterocycles. The van der Waals surface area contributed by atoms with Crippen LogP contribution in [-0.2, 0) is 0 Å². The highest BCUT2D eigenvalue weighted by Crippen LogP contribution is 2.39. The lowest BCUT2D eigenvalue weighted by atomic mass is 10.2. The summed E-state index contributed by atoms with van der Waals surface area (Å²) in [5, 5.41) is 3.25. The number of thiophene rings is 1. The van der Waals surface area contributed by atoms with Crippen LogP contribution in [0.3, 0.4) is 0 Å². The van der Waals surface area contributed by atoms with Crippen molar-refractivity contribution < 1.29 is 4.42 Å². The van der Waals surface area contributed by atoms with E-state index in [2.05, 4.69) is 59.2 Å². The lowest BCUT2D eigenvalue weighted by molar-refractivity contribution is 0.464. The molecule has 2 heterocycles. The first-order chi connectivity index (χ1) is 7.63. The lowest BCUT2D eigenvalue weighted by Crippen LogP contribution is -2.16. The van der Waals surface area contributed by atoms with Crippen LogP contribution in [0, 0.1) is 0 Å². The van der Waals surface area contributed by atoms with Crippen LogP contribution >= 0.6 is 59.1 Å². The zero-order valence-electron chi connectivity index (χ0n) is 8.26. The first kappa shape index (κ1) is 12.8. The van der Waals surface area contributed by atoms with E-state index in [-0.39, 0.29) is 6.04 Å². The Labute approximate surface area is 123 Å². The van der Waals surface area contributed by atoms with Crippen LogP contribution < -0.4 is 5.32 Å². The van der Waals surface area contributed by atoms with Gasteiger partial charge >= 0.3 is 0 Å². The maximum absolute atomic E-state index is 5.49. The van der Waals surface area contributed by atoms with Crippen molar-refractivity contribution in [2.45, 2.75) is 6.04 Å². The van der Waals surface area contributed by atoms with E-state index in [1.807, 2.05) is 13.1 Å². The fourth-order valence-corrected chi connectivity index (χ4v) is 4.05. The molecule has 0 aliphatic heterocycles. The summed E-state index contributed by atoms with van der Waals surface area (Å²) in [4.78, 5) is 1.19. The minimum atomic E-state index is 0.0666. The standard InChI is InChI=1S/C10H8Br3NOS/c1-14-8(9-5(11)2-3-15-9)7-4-6(12)10(13)16-7/h2-4,8,14H,1H3. The number of furan rings is 1. The zero-order valence-corrected chi connectivity index (χ0v) is 13.8. The molecule has 0 fully saturated rings. The Bertz CT molecular complexity index is 474. The molecule has 6 heteroatoms. The van der Waals surface area contributed by atoms with Crippen LogP contribution in [0.25, 0.3) is 0 Å². The second-order valence-electron chi connectivity index (χ2n) is 3.12. The van der Waals surface area contributed by atoms with Crippen molar-refractivity contribution in [3.63, 3.8) is 0 Å². The summed E-state index contributed by atoms with van der Waals surface area (Å²) >= 11 is 12.1. The normalized spacial score (nSPS) is 13.0. The second kappa shape index (κ2) is 5.35. The van der Waals surface area contributed by atoms with E-state index in [9.17, 15) is 0 Å². The molecule has 0 radical (unpaired) electrons. The third kappa shape index (κ3) is 2.46. The summed E-state index contributed by atoms with van der Waals surface area (Å²) in [5.74, 6) is 0.892. The molecule has 0 spiro atoms. The van der Waals surface area contributed by atoms with Gasteiger partial charge in [0.2, 0.25) is 0 Å². The van der Waals surface area contributed by atoms with Crippen LogP contribution in [0.15, 0.2) is 35.5 Å². The van der Waals surface area contributed by atoms with E-state index >= 15 is 0 Å². The van der Waals surface area contributed by atoms with Gasteiger partial charge in [-0.3, -0.25) is 0 Å². The van der Waals surface area contributed by atoms with Gasteiger partial charge in [0.05, 0.1) is 14.5 Å². The quantitative estimate of drug-likeness (QED) is 0.747. The predicted molar refractivity (Wildman–Crippen MR) is 77.0 cm³/mol. The van der Waals surface area contributed by atoms with Crippen molar-refractivity contribution in [1.82, 2.24) is 5.32 Å². The zero-order chi connectivity index (χ0) is 11.7. The Morgan fingerprint density at radius 2 is 2.06 bits per heavy atom. The third-order valence-corrected chi connectivity index (χ3v) is 6.12. The first-order valence-corrected chi connectivity index (χ1v) is 7.68. The summed E-state index contributed by atoms with van der Waals surface area (Å²) in [7, 11) is 1.92. The summed E-state index contributed by atoms with van der Waals surface area (Å²) in [6, 6.07) is 4.05. The van der Waals surface area contributed by atoms with Gasteiger partial charge < -0.3 is 9.73 Å². The molecule has 0 aromatic carbocycles. The van der Waals surface area contributed by atoms with E-state index in [1.54, 1.807) is 17.6 Å². The highest BCUT2D eigenvalue weighted by atomic mass is 79.9. The molecule has 1 atom stereocenters. The summed E-state index contributed by atoms with van der Waals surface area (Å²) < 4.78 is 8.62. The second-order valence-corrected chi connectivity index (χ2v) is 7.24. The Morgan fingerprint density at radius 1 is 1.31 bits per heavy atom. The Morgan fingerprint density at radius 3 is 2.50 bits per heavy atom. The molecule has 0 amide bonds. The SMILES string of the molecule is CNC(c1cc(Br)c(Br)s1)c1occc1Br. The molecule has 1 N–H and O–H groups in total. The average molecular weight is 430 g/mol. The van der Waals surface area contributed by atoms with Gasteiger partial charge in [-0.1, -0.05) is 0 Å². The van der Waals surface area contributed by atoms with E-state index < -0.39 is 0 Å². The van der Waals surface area contributed by atoms with Crippen molar-refractivity contribution in [3.8, 4) is 0 Å². The van der Waals surface area contributed by atoms with Gasteiger partial charge in [-0.2, -0.15) is 0 Å². The maximum atomic E-state index is 5.49. The third-order valence-electron chi connectivity index (χ3n) is 2.14. The number of rotatable bonds is 3. The van der Waals surface area contributed by atoms with Crippen molar-refractivity contribution >= 4 is 59.1 Å². The van der Waals surface area contributed by atoms with Crippen LogP contribution in [0.2, 0.25) is 0 Å². The Kier molecular flexibility index (Phi) is 4.29. The molecule has 0 saturated carbocycles. The molecule has 2 aromatic rings. The predicted octanol–water partition coefficient (Wildman–Crippen LogP) is 4.94. The molecular weight excluding hydrogens is 422 g/mol. The molecule has 2 nitrogen and oxygen atoms in total. The minimum absolute atomic E-state index is 0.0666. The molecule has 0 aliphatic rings. The van der Waals surface area contributed by atoms with Crippen molar-refractivity contribution in [1.29, 1.82) is 0 Å². The molecule has 2 aromatic heterocycles. The molecule has 0 aliphatic carbocycles. The van der Waals surface area contributed by atoms with Crippen LogP contribution in [0.1, 0.15) is 16.7 Å². The first-order valence-electron chi connectivity index (χ1n) is 4.48. The van der Waals surface area contributed by atoms with Crippen molar-refractivity contribution in [3.05, 3.63) is 41.8 Å². The van der Waals surface area contributed by atoms with Gasteiger partial charge in [-0.15, -0.1) is 11.3 Å². The van der Waals surface area contributed by atoms with E-state index in [1.165, 1.54) is 4.88 Å². The van der Waals surface area contributed by atoms with Crippen LogP contribution in [0.5, 0.6) is 0 Å². The summed E-state index contributed by atoms with van der Waals surface area (Å²) in [6.45, 7) is 0. The van der Waals surface area contributed by atoms with Gasteiger partial charge in [-0.05, 0) is 67.0 Å². The van der Waals surface area contributed by atoms with Gasteiger partial charge in [0.15, 0.2) is 0 Å². The Hall–Kier alpha value is 0.380. The van der Waals surface area contributed by atoms with Crippen molar-refractivity contribution in [2.75, 3.05) is 7.05 Å². The number of hydrogen-bond donors (Lipinski definition) is 1. The molecule has 2 rings (SSSR count). The number of nitrogens with one attached hydrogen (secondary N) is 1. The van der Waals surface area contributed by atoms with Gasteiger partial charge in [0.25, 0.3) is 0 Å². The van der Waals surface area contributed by atoms with Crippen molar-refractivity contribution in [2.24, 2.45) is 0 Å². The molecule has 1 unspecified atom stereocenters. The fourth-order valence-electron chi connectivity index (χ4n) is 1.42. The van der Waals surface area contributed by atoms with E-state index in [0.717, 1.165) is 18.5 Å². The highest BCUT2D eigenvalue weighted by Gasteiger charge is 2.21. The lowest BCUT2D eigenvalue weighted by Gasteiger charge is -2.11. The number of halogens is 3. The number of hydrogen-bond acceptors (Lipinski definition) is 3. The highest BCUT2D eigenvalue weighted by molar-refractivity contribution is 9.13. The van der Waals surface area contributed by atoms with Gasteiger partial charge in [-0.25, -0.2) is 0 Å². The van der Waals surface area contributed by atoms with Crippen LogP contribution in [0.4, 0.5) is 0 Å². The van der Waals surface area contributed by atoms with E-state index in [0.29, 0.717) is 0 Å². The van der Waals surface area contributed by atoms with Crippen LogP contribution in [-0.4, -0.2) is 7.05 Å². The summed E-state index contributed by atoms with van der Waals surface area (Å²) in [6.07, 6.45) is 1.68. The minimum Gasteiger partial charge on any atom is -0.466 e. The topological polar surface area (TPSA) is 25.2 Å². The maximum Gasteiger partial charge on any atom is 0.140 e. The molecule has 0 bridgehead atoms. The van der Waals surface area contributed by atoms with E-state index in [4.69, 9.17) is 4.42 Å². The molecular formula is C10H8Br3NOS. The monoisotopic (exact) mass is 427 g/mol. The average Bonchev–Trinajstić information content (AvgIpc) is 2.78. The molecule has 16 heavy (non-hydrogen) atoms. The molecule has 86 valence electrons. The van der Waals surface area contributed by atoms with Gasteiger partial charge in [0, 0.05) is 9.35 Å². The Balaban J connectivity index is 2.40. The summed E-state index contributed by atoms with van der Waals surface area (Å²) in [5.41, 5.74) is 0. The van der Waals surface area contributed by atoms with Gasteiger partial charge in [0.1, 0.15) is 11.8 Å². The smallest absolute Gasteiger partial charge is 0.140 e. The largest absolute Gasteiger partial charge is 0.466 e. The fraction of sp³-hybridized carbons (Fsp3) is 0.200.